The predicted octanol–water partition coefficient (Wildman–Crippen LogP) is 6.19. The number of benzene rings is 3. The van der Waals surface area contributed by atoms with E-state index in [9.17, 15) is 9.59 Å². The molecule has 0 aliphatic heterocycles. The Bertz CT molecular complexity index is 1060. The van der Waals surface area contributed by atoms with Crippen LogP contribution in [0.15, 0.2) is 66.7 Å². The van der Waals surface area contributed by atoms with Gasteiger partial charge >= 0.3 is 5.97 Å². The molecule has 0 aromatic heterocycles. The molecule has 0 N–H and O–H groups in total. The Balaban J connectivity index is 1.66. The fourth-order valence-corrected chi connectivity index (χ4v) is 3.83. The molecule has 0 atom stereocenters. The molecular formula is C26H25IO5. The van der Waals surface area contributed by atoms with E-state index >= 15 is 0 Å². The molecule has 5 nitrogen and oxygen atoms in total. The number of carbonyl (C=O) groups excluding carboxylic acids is 2. The Morgan fingerprint density at radius 2 is 1.53 bits per heavy atom. The van der Waals surface area contributed by atoms with Gasteiger partial charge in [-0.2, -0.15) is 0 Å². The minimum Gasteiger partial charge on any atom is -0.490 e. The van der Waals surface area contributed by atoms with Crippen molar-refractivity contribution in [2.45, 2.75) is 20.3 Å². The third-order valence-electron chi connectivity index (χ3n) is 4.64. The first-order chi connectivity index (χ1) is 15.5. The van der Waals surface area contributed by atoms with Crippen LogP contribution in [0.4, 0.5) is 0 Å². The topological polar surface area (TPSA) is 61.8 Å². The smallest absolute Gasteiger partial charge is 0.338 e. The van der Waals surface area contributed by atoms with E-state index in [2.05, 4.69) is 22.6 Å². The summed E-state index contributed by atoms with van der Waals surface area (Å²) in [5.41, 5.74) is 2.89. The fraction of sp³-hybridized carbons (Fsp3) is 0.231. The van der Waals surface area contributed by atoms with E-state index in [1.54, 1.807) is 24.3 Å². The molecule has 0 amide bonds. The van der Waals surface area contributed by atoms with Crippen LogP contribution in [0.2, 0.25) is 0 Å². The van der Waals surface area contributed by atoms with Crippen LogP contribution in [-0.2, 0) is 4.74 Å². The fourth-order valence-electron chi connectivity index (χ4n) is 3.07. The Kier molecular flexibility index (Phi) is 8.67. The van der Waals surface area contributed by atoms with Gasteiger partial charge in [0.2, 0.25) is 0 Å². The van der Waals surface area contributed by atoms with E-state index in [4.69, 9.17) is 14.2 Å². The summed E-state index contributed by atoms with van der Waals surface area (Å²) in [5, 5.41) is 0. The molecule has 166 valence electrons. The van der Waals surface area contributed by atoms with Crippen molar-refractivity contribution in [2.75, 3.05) is 19.8 Å². The second-order valence-electron chi connectivity index (χ2n) is 7.01. The van der Waals surface area contributed by atoms with Gasteiger partial charge in [-0.05, 0) is 59.2 Å². The number of rotatable bonds is 10. The molecule has 0 saturated carbocycles. The summed E-state index contributed by atoms with van der Waals surface area (Å²) >= 11 is 2.10. The Labute approximate surface area is 201 Å². The standard InChI is InChI=1S/C26H25IO5/c1-3-14-31-25-22(27)15-21(16-24(25)30-4-2)26(29)32-17-23(28)20-12-10-19(11-13-20)18-8-6-5-7-9-18/h5-13,15-16H,3-4,14,17H2,1-2H3. The van der Waals surface area contributed by atoms with E-state index in [0.29, 0.717) is 35.8 Å². The number of hydrogen-bond acceptors (Lipinski definition) is 5. The zero-order valence-corrected chi connectivity index (χ0v) is 20.3. The van der Waals surface area contributed by atoms with Crippen LogP contribution in [0, 0.1) is 3.57 Å². The molecule has 0 heterocycles. The van der Waals surface area contributed by atoms with Crippen molar-refractivity contribution < 1.29 is 23.8 Å². The number of hydrogen-bond donors (Lipinski definition) is 0. The van der Waals surface area contributed by atoms with Crippen molar-refractivity contribution in [3.63, 3.8) is 0 Å². The number of halogens is 1. The lowest BCUT2D eigenvalue weighted by atomic mass is 10.0. The van der Waals surface area contributed by atoms with E-state index in [0.717, 1.165) is 21.1 Å². The van der Waals surface area contributed by atoms with Crippen LogP contribution in [-0.4, -0.2) is 31.6 Å². The Morgan fingerprint density at radius 1 is 0.844 bits per heavy atom. The SMILES string of the molecule is CCCOc1c(I)cc(C(=O)OCC(=O)c2ccc(-c3ccccc3)cc2)cc1OCC. The molecule has 0 radical (unpaired) electrons. The summed E-state index contributed by atoms with van der Waals surface area (Å²) < 4.78 is 17.4. The van der Waals surface area contributed by atoms with Gasteiger partial charge in [-0.15, -0.1) is 0 Å². The molecule has 3 aromatic carbocycles. The van der Waals surface area contributed by atoms with Crippen molar-refractivity contribution >= 4 is 34.3 Å². The van der Waals surface area contributed by atoms with Gasteiger partial charge in [-0.25, -0.2) is 4.79 Å². The predicted molar refractivity (Wildman–Crippen MR) is 133 cm³/mol. The van der Waals surface area contributed by atoms with Gasteiger partial charge in [0.15, 0.2) is 23.9 Å². The largest absolute Gasteiger partial charge is 0.490 e. The van der Waals surface area contributed by atoms with Crippen molar-refractivity contribution in [1.29, 1.82) is 0 Å². The Morgan fingerprint density at radius 3 is 2.19 bits per heavy atom. The van der Waals surface area contributed by atoms with Gasteiger partial charge in [0.25, 0.3) is 0 Å². The number of esters is 1. The quantitative estimate of drug-likeness (QED) is 0.173. The molecule has 3 rings (SSSR count). The maximum atomic E-state index is 12.6. The second kappa shape index (κ2) is 11.7. The molecule has 0 unspecified atom stereocenters. The number of carbonyl (C=O) groups is 2. The summed E-state index contributed by atoms with van der Waals surface area (Å²) in [6.45, 7) is 4.54. The lowest BCUT2D eigenvalue weighted by Gasteiger charge is -2.15. The number of ether oxygens (including phenoxy) is 3. The van der Waals surface area contributed by atoms with Crippen molar-refractivity contribution in [3.05, 3.63) is 81.4 Å². The van der Waals surface area contributed by atoms with Crippen LogP contribution in [0.5, 0.6) is 11.5 Å². The van der Waals surface area contributed by atoms with Crippen LogP contribution in [0.3, 0.4) is 0 Å². The average Bonchev–Trinajstić information content (AvgIpc) is 2.82. The highest BCUT2D eigenvalue weighted by Crippen LogP contribution is 2.34. The minimum atomic E-state index is -0.583. The van der Waals surface area contributed by atoms with Crippen LogP contribution >= 0.6 is 22.6 Å². The van der Waals surface area contributed by atoms with Crippen LogP contribution < -0.4 is 9.47 Å². The molecule has 0 spiro atoms. The molecule has 0 saturated heterocycles. The molecule has 32 heavy (non-hydrogen) atoms. The molecule has 0 aliphatic rings. The van der Waals surface area contributed by atoms with Gasteiger partial charge in [-0.1, -0.05) is 61.5 Å². The second-order valence-corrected chi connectivity index (χ2v) is 8.17. The zero-order valence-electron chi connectivity index (χ0n) is 18.1. The first-order valence-electron chi connectivity index (χ1n) is 10.5. The van der Waals surface area contributed by atoms with Crippen molar-refractivity contribution in [3.8, 4) is 22.6 Å². The maximum absolute atomic E-state index is 12.6. The van der Waals surface area contributed by atoms with E-state index in [-0.39, 0.29) is 12.4 Å². The lowest BCUT2D eigenvalue weighted by Crippen LogP contribution is -2.15. The third kappa shape index (κ3) is 6.09. The van der Waals surface area contributed by atoms with Crippen molar-refractivity contribution in [2.24, 2.45) is 0 Å². The highest BCUT2D eigenvalue weighted by Gasteiger charge is 2.18. The normalized spacial score (nSPS) is 10.5. The summed E-state index contributed by atoms with van der Waals surface area (Å²) in [6.07, 6.45) is 0.861. The highest BCUT2D eigenvalue weighted by atomic mass is 127. The van der Waals surface area contributed by atoms with Crippen LogP contribution in [0.25, 0.3) is 11.1 Å². The molecule has 3 aromatic rings. The third-order valence-corrected chi connectivity index (χ3v) is 5.45. The minimum absolute atomic E-state index is 0.263. The highest BCUT2D eigenvalue weighted by molar-refractivity contribution is 14.1. The monoisotopic (exact) mass is 544 g/mol. The lowest BCUT2D eigenvalue weighted by molar-refractivity contribution is 0.0474. The van der Waals surface area contributed by atoms with Gasteiger partial charge < -0.3 is 14.2 Å². The summed E-state index contributed by atoms with van der Waals surface area (Å²) in [7, 11) is 0. The van der Waals surface area contributed by atoms with Gasteiger partial charge in [0.05, 0.1) is 22.3 Å². The molecule has 0 fully saturated rings. The van der Waals surface area contributed by atoms with Gasteiger partial charge in [-0.3, -0.25) is 4.79 Å². The zero-order chi connectivity index (χ0) is 22.9. The Hall–Kier alpha value is -2.87. The molecule has 0 aliphatic carbocycles. The summed E-state index contributed by atoms with van der Waals surface area (Å²) in [6, 6.07) is 20.4. The molecule has 6 heteroatoms. The first-order valence-corrected chi connectivity index (χ1v) is 11.6. The summed E-state index contributed by atoms with van der Waals surface area (Å²) in [4.78, 5) is 25.1. The van der Waals surface area contributed by atoms with Crippen LogP contribution in [0.1, 0.15) is 41.0 Å². The number of ketones is 1. The first kappa shape index (κ1) is 23.8. The molecular weight excluding hydrogens is 519 g/mol. The van der Waals surface area contributed by atoms with Gasteiger partial charge in [0.1, 0.15) is 0 Å². The van der Waals surface area contributed by atoms with Crippen molar-refractivity contribution in [1.82, 2.24) is 0 Å². The number of Topliss-reactive ketones (excluding diaryl/α,β-unsaturated/α-hetero) is 1. The molecule has 0 bridgehead atoms. The average molecular weight is 544 g/mol. The maximum Gasteiger partial charge on any atom is 0.338 e. The van der Waals surface area contributed by atoms with E-state index < -0.39 is 5.97 Å². The summed E-state index contributed by atoms with van der Waals surface area (Å²) in [5.74, 6) is 0.254. The van der Waals surface area contributed by atoms with Gasteiger partial charge in [0, 0.05) is 5.56 Å². The van der Waals surface area contributed by atoms with E-state index in [1.165, 1.54) is 0 Å². The van der Waals surface area contributed by atoms with E-state index in [1.807, 2.05) is 56.3 Å².